The van der Waals surface area contributed by atoms with Crippen molar-refractivity contribution in [3.8, 4) is 0 Å². The number of likely N-dealkylation sites (N-methyl/N-ethyl adjacent to an activating group) is 1. The van der Waals surface area contributed by atoms with E-state index in [2.05, 4.69) is 0 Å². The largest absolute Gasteiger partial charge is 0.787 e. The summed E-state index contributed by atoms with van der Waals surface area (Å²) in [4.78, 5) is 12.9. The molecule has 2 atom stereocenters. The molecule has 0 aliphatic carbocycles. The van der Waals surface area contributed by atoms with Gasteiger partial charge in [0.2, 0.25) is 0 Å². The van der Waals surface area contributed by atoms with Gasteiger partial charge in [-0.15, -0.1) is 0 Å². The van der Waals surface area contributed by atoms with E-state index in [9.17, 15) is 15.1 Å². The van der Waals surface area contributed by atoms with E-state index in [0.29, 0.717) is 0 Å². The second-order valence-corrected chi connectivity index (χ2v) is 4.46. The zero-order chi connectivity index (χ0) is 12.5. The number of nitrogens with zero attached hydrogens (tertiary/aromatic N) is 1. The molecule has 1 saturated heterocycles. The molecule has 1 aromatic rings. The van der Waals surface area contributed by atoms with E-state index in [0.717, 1.165) is 5.56 Å². The van der Waals surface area contributed by atoms with Gasteiger partial charge in [-0.05, 0) is 5.56 Å². The van der Waals surface area contributed by atoms with Gasteiger partial charge in [0.25, 0.3) is 5.91 Å². The maximum Gasteiger partial charge on any atom is 0.251 e. The van der Waals surface area contributed by atoms with Crippen molar-refractivity contribution < 1.29 is 9.90 Å². The van der Waals surface area contributed by atoms with E-state index in [1.807, 2.05) is 35.8 Å². The molecule has 0 saturated carbocycles. The molecule has 0 radical (unpaired) electrons. The number of hydrogen-bond acceptors (Lipinski definition) is 4. The lowest BCUT2D eigenvalue weighted by atomic mass is 9.82. The van der Waals surface area contributed by atoms with E-state index in [1.165, 1.54) is 4.90 Å². The summed E-state index contributed by atoms with van der Waals surface area (Å²) in [6, 6.07) is 9.16. The van der Waals surface area contributed by atoms with Crippen molar-refractivity contribution in [1.82, 2.24) is 10.4 Å². The minimum Gasteiger partial charge on any atom is -0.787 e. The van der Waals surface area contributed by atoms with Crippen molar-refractivity contribution in [3.05, 3.63) is 41.1 Å². The Labute approximate surface area is 99.6 Å². The van der Waals surface area contributed by atoms with Crippen LogP contribution in [-0.4, -0.2) is 35.6 Å². The zero-order valence-electron chi connectivity index (χ0n) is 9.59. The second-order valence-electron chi connectivity index (χ2n) is 4.46. The highest BCUT2D eigenvalue weighted by atomic mass is 16.5. The van der Waals surface area contributed by atoms with Crippen molar-refractivity contribution in [2.45, 2.75) is 18.1 Å². The van der Waals surface area contributed by atoms with E-state index in [4.69, 9.17) is 0 Å². The van der Waals surface area contributed by atoms with Crippen molar-refractivity contribution >= 4 is 5.91 Å². The maximum atomic E-state index is 11.5. The summed E-state index contributed by atoms with van der Waals surface area (Å²) in [5.74, 6) is -0.341. The normalized spacial score (nSPS) is 29.5. The Morgan fingerprint density at radius 2 is 2.12 bits per heavy atom. The average molecular weight is 235 g/mol. The van der Waals surface area contributed by atoms with Gasteiger partial charge >= 0.3 is 0 Å². The molecule has 5 nitrogen and oxygen atoms in total. The number of hydrogen-bond donors (Lipinski definition) is 2. The Bertz CT molecular complexity index is 393. The molecule has 92 valence electrons. The Kier molecular flexibility index (Phi) is 3.15. The molecular weight excluding hydrogens is 220 g/mol. The van der Waals surface area contributed by atoms with E-state index < -0.39 is 11.6 Å². The zero-order valence-corrected chi connectivity index (χ0v) is 9.59. The number of hydroxylamine groups is 1. The second kappa shape index (κ2) is 4.44. The third kappa shape index (κ3) is 2.04. The fourth-order valence-electron chi connectivity index (χ4n) is 2.32. The summed E-state index contributed by atoms with van der Waals surface area (Å²) >= 11 is 0. The van der Waals surface area contributed by atoms with Crippen LogP contribution in [0, 0.1) is 5.21 Å². The average Bonchev–Trinajstić information content (AvgIpc) is 2.36. The van der Waals surface area contributed by atoms with Crippen molar-refractivity contribution in [1.29, 1.82) is 0 Å². The van der Waals surface area contributed by atoms with Crippen molar-refractivity contribution in [2.24, 2.45) is 0 Å². The summed E-state index contributed by atoms with van der Waals surface area (Å²) < 4.78 is 0. The van der Waals surface area contributed by atoms with Gasteiger partial charge in [-0.2, -0.15) is 0 Å². The molecule has 2 rings (SSSR count). The molecule has 2 N–H and O–H groups in total. The van der Waals surface area contributed by atoms with Crippen LogP contribution in [0.2, 0.25) is 0 Å². The number of rotatable bonds is 2. The number of amides is 1. The van der Waals surface area contributed by atoms with Crippen LogP contribution in [0.15, 0.2) is 30.3 Å². The van der Waals surface area contributed by atoms with Crippen LogP contribution >= 0.6 is 0 Å². The molecule has 1 fully saturated rings. The van der Waals surface area contributed by atoms with Crippen LogP contribution in [0.1, 0.15) is 12.0 Å². The number of nitrogens with one attached hydrogen (secondary N) is 1. The van der Waals surface area contributed by atoms with Crippen LogP contribution in [-0.2, 0) is 10.3 Å². The Hall–Kier alpha value is -1.43. The first-order valence-electron chi connectivity index (χ1n) is 5.47. The molecule has 5 heteroatoms. The van der Waals surface area contributed by atoms with Gasteiger partial charge in [-0.1, -0.05) is 30.3 Å². The highest BCUT2D eigenvalue weighted by molar-refractivity contribution is 5.81. The fourth-order valence-corrected chi connectivity index (χ4v) is 2.32. The summed E-state index contributed by atoms with van der Waals surface area (Å²) in [7, 11) is 1.58. The lowest BCUT2D eigenvalue weighted by Gasteiger charge is -2.46. The lowest BCUT2D eigenvalue weighted by Crippen LogP contribution is -2.58. The molecule has 1 aliphatic rings. The van der Waals surface area contributed by atoms with Crippen molar-refractivity contribution in [2.75, 3.05) is 13.6 Å². The molecule has 0 bridgehead atoms. The van der Waals surface area contributed by atoms with Crippen LogP contribution in [0.5, 0.6) is 0 Å². The smallest absolute Gasteiger partial charge is 0.251 e. The predicted octanol–water partition coefficient (Wildman–Crippen LogP) is 0.192. The van der Waals surface area contributed by atoms with Gasteiger partial charge in [-0.25, -0.2) is 0 Å². The number of carbonyl (C=O) groups excluding carboxylic acids is 1. The number of piperidine rings is 1. The molecule has 17 heavy (non-hydrogen) atoms. The Morgan fingerprint density at radius 3 is 2.65 bits per heavy atom. The number of aliphatic hydroxyl groups is 1. The first-order valence-corrected chi connectivity index (χ1v) is 5.47. The lowest BCUT2D eigenvalue weighted by molar-refractivity contribution is -0.146. The van der Waals surface area contributed by atoms with Gasteiger partial charge in [0.15, 0.2) is 0 Å². The number of carbonyl (C=O) groups is 1. The maximum absolute atomic E-state index is 11.5. The molecule has 0 aromatic heterocycles. The number of aliphatic hydroxyl groups excluding tert-OH is 1. The Balaban J connectivity index is 2.36. The molecule has 1 amide bonds. The molecule has 0 spiro atoms. The van der Waals surface area contributed by atoms with Crippen LogP contribution < -0.4 is 5.48 Å². The van der Waals surface area contributed by atoms with Crippen LogP contribution in [0.25, 0.3) is 0 Å². The quantitative estimate of drug-likeness (QED) is 0.718. The summed E-state index contributed by atoms with van der Waals surface area (Å²) in [5, 5.41) is 21.0. The summed E-state index contributed by atoms with van der Waals surface area (Å²) in [6.45, 7) is 0.260. The molecular formula is C12H15N2O3-. The van der Waals surface area contributed by atoms with E-state index in [1.54, 1.807) is 7.05 Å². The number of benzene rings is 1. The molecule has 1 aliphatic heterocycles. The van der Waals surface area contributed by atoms with E-state index >= 15 is 0 Å². The van der Waals surface area contributed by atoms with Gasteiger partial charge < -0.3 is 20.7 Å². The first kappa shape index (κ1) is 12.0. The third-order valence-corrected chi connectivity index (χ3v) is 3.23. The Morgan fingerprint density at radius 1 is 1.47 bits per heavy atom. The van der Waals surface area contributed by atoms with Crippen LogP contribution in [0.4, 0.5) is 0 Å². The monoisotopic (exact) mass is 235 g/mol. The summed E-state index contributed by atoms with van der Waals surface area (Å²) in [5.41, 5.74) is 1.88. The SMILES string of the molecule is CN1CC(N[O-])(c2ccccc2)CC(O)C1=O. The molecule has 2 unspecified atom stereocenters. The minimum absolute atomic E-state index is 0.101. The predicted molar refractivity (Wildman–Crippen MR) is 62.9 cm³/mol. The highest BCUT2D eigenvalue weighted by Crippen LogP contribution is 2.31. The topological polar surface area (TPSA) is 75.6 Å². The van der Waals surface area contributed by atoms with Gasteiger partial charge in [0.05, 0.1) is 5.54 Å². The van der Waals surface area contributed by atoms with Gasteiger partial charge in [0.1, 0.15) is 6.10 Å². The fraction of sp³-hybridized carbons (Fsp3) is 0.417. The highest BCUT2D eigenvalue weighted by Gasteiger charge is 2.41. The summed E-state index contributed by atoms with van der Waals surface area (Å²) in [6.07, 6.45) is -1.03. The minimum atomic E-state index is -1.13. The standard InChI is InChI=1S/C12H15N2O3/c1-14-8-12(13-17,7-10(15)11(14)16)9-5-3-2-4-6-9/h2-6,10,13,15H,7-8H2,1H3/q-1. The van der Waals surface area contributed by atoms with Gasteiger partial charge in [-0.3, -0.25) is 4.79 Å². The number of likely N-dealkylation sites (tertiary alicyclic amines) is 1. The molecule has 1 heterocycles. The first-order chi connectivity index (χ1) is 8.09. The van der Waals surface area contributed by atoms with E-state index in [-0.39, 0.29) is 18.9 Å². The third-order valence-electron chi connectivity index (χ3n) is 3.23. The van der Waals surface area contributed by atoms with Gasteiger partial charge in [0, 0.05) is 20.0 Å². The van der Waals surface area contributed by atoms with Crippen LogP contribution in [0.3, 0.4) is 0 Å². The molecule has 1 aromatic carbocycles. The van der Waals surface area contributed by atoms with Crippen molar-refractivity contribution in [3.63, 3.8) is 0 Å².